The molecule has 11 heteroatoms. The van der Waals surface area contributed by atoms with Gasteiger partial charge in [-0.3, -0.25) is 0 Å². The molecule has 1 N–H and O–H groups in total. The van der Waals surface area contributed by atoms with Crippen LogP contribution in [0, 0.1) is 6.42 Å². The molecule has 0 saturated heterocycles. The van der Waals surface area contributed by atoms with Gasteiger partial charge in [-0.2, -0.15) is 0 Å². The van der Waals surface area contributed by atoms with E-state index in [0.717, 1.165) is 12.8 Å². The lowest BCUT2D eigenvalue weighted by molar-refractivity contribution is 0.361. The van der Waals surface area contributed by atoms with Crippen LogP contribution in [0.15, 0.2) is 5.16 Å². The monoisotopic (exact) mass is 337 g/mol. The Balaban J connectivity index is 2.73. The number of thioether (sulfide) groups is 1. The highest BCUT2D eigenvalue weighted by Crippen LogP contribution is 2.20. The Morgan fingerprint density at radius 2 is 2.25 bits per heavy atom. The third-order valence-electron chi connectivity index (χ3n) is 2.07. The van der Waals surface area contributed by atoms with Gasteiger partial charge < -0.3 is 4.90 Å². The van der Waals surface area contributed by atoms with Gasteiger partial charge in [0.15, 0.2) is 0 Å². The van der Waals surface area contributed by atoms with Crippen molar-refractivity contribution in [2.75, 3.05) is 26.9 Å². The lowest BCUT2D eigenvalue weighted by Crippen LogP contribution is -2.32. The summed E-state index contributed by atoms with van der Waals surface area (Å²) in [5, 5.41) is 12.7. The minimum Gasteiger partial charge on any atom is -0.308 e. The number of nitrogens with zero attached hydrogens (tertiary/aromatic N) is 5. The van der Waals surface area contributed by atoms with E-state index in [0.29, 0.717) is 11.7 Å². The van der Waals surface area contributed by atoms with Gasteiger partial charge in [0.2, 0.25) is 15.2 Å². The summed E-state index contributed by atoms with van der Waals surface area (Å²) < 4.78 is 26.6. The number of hydrogen-bond donors (Lipinski definition) is 1. The fourth-order valence-electron chi connectivity index (χ4n) is 1.21. The number of sulfonamides is 1. The molecule has 0 aliphatic rings. The van der Waals surface area contributed by atoms with E-state index < -0.39 is 15.4 Å². The van der Waals surface area contributed by atoms with Crippen molar-refractivity contribution in [3.05, 3.63) is 6.42 Å². The SMILES string of the molecule is CN(C)CCn1nnnc1SC([CH]C=S)NS(C)(=O)=O. The standard InChI is InChI=1S/C9H17N6O2S3/c1-14(2)5-6-15-9(10-12-13-15)19-8(4-7-18)11-20(3,16)17/h4,7-8,11H,5-6H2,1-3H3. The van der Waals surface area contributed by atoms with Crippen LogP contribution in [0.4, 0.5) is 0 Å². The van der Waals surface area contributed by atoms with Crippen LogP contribution in [0.25, 0.3) is 0 Å². The van der Waals surface area contributed by atoms with E-state index in [-0.39, 0.29) is 0 Å². The third kappa shape index (κ3) is 6.70. The normalized spacial score (nSPS) is 13.6. The van der Waals surface area contributed by atoms with E-state index in [9.17, 15) is 8.42 Å². The maximum atomic E-state index is 11.3. The largest absolute Gasteiger partial charge is 0.308 e. The molecule has 0 aliphatic carbocycles. The summed E-state index contributed by atoms with van der Waals surface area (Å²) in [4.78, 5) is 2.01. The maximum Gasteiger partial charge on any atom is 0.210 e. The Morgan fingerprint density at radius 1 is 1.55 bits per heavy atom. The Kier molecular flexibility index (Phi) is 6.95. The number of hydrogen-bond acceptors (Lipinski definition) is 8. The molecule has 1 atom stereocenters. The second-order valence-electron chi connectivity index (χ2n) is 4.24. The predicted octanol–water partition coefficient (Wildman–Crippen LogP) is -0.594. The summed E-state index contributed by atoms with van der Waals surface area (Å²) in [6, 6.07) is 0. The van der Waals surface area contributed by atoms with Gasteiger partial charge in [-0.05, 0) is 29.9 Å². The Morgan fingerprint density at radius 3 is 2.80 bits per heavy atom. The first kappa shape index (κ1) is 17.4. The lowest BCUT2D eigenvalue weighted by atomic mass is 10.5. The van der Waals surface area contributed by atoms with Gasteiger partial charge in [-0.25, -0.2) is 17.8 Å². The number of likely N-dealkylation sites (N-methyl/N-ethyl adjacent to an activating group) is 1. The molecule has 0 bridgehead atoms. The average Bonchev–Trinajstić information content (AvgIpc) is 2.72. The van der Waals surface area contributed by atoms with Crippen LogP contribution in [0.5, 0.6) is 0 Å². The fraction of sp³-hybridized carbons (Fsp3) is 0.667. The highest BCUT2D eigenvalue weighted by atomic mass is 32.2. The fourth-order valence-corrected chi connectivity index (χ4v) is 3.41. The van der Waals surface area contributed by atoms with Crippen molar-refractivity contribution in [3.8, 4) is 0 Å². The number of nitrogens with one attached hydrogen (secondary N) is 1. The zero-order valence-electron chi connectivity index (χ0n) is 11.4. The van der Waals surface area contributed by atoms with Crippen molar-refractivity contribution in [1.29, 1.82) is 0 Å². The molecule has 1 unspecified atom stereocenters. The Hall–Kier alpha value is -0.620. The highest BCUT2D eigenvalue weighted by Gasteiger charge is 2.18. The van der Waals surface area contributed by atoms with Crippen LogP contribution >= 0.6 is 24.0 Å². The number of tetrazole rings is 1. The molecule has 0 amide bonds. The van der Waals surface area contributed by atoms with Crippen molar-refractivity contribution in [3.63, 3.8) is 0 Å². The van der Waals surface area contributed by atoms with Gasteiger partial charge in [0.1, 0.15) is 0 Å². The maximum absolute atomic E-state index is 11.3. The summed E-state index contributed by atoms with van der Waals surface area (Å²) in [5.41, 5.74) is 0. The predicted molar refractivity (Wildman–Crippen MR) is 82.0 cm³/mol. The number of thiocarbonyl (C=S) groups is 1. The van der Waals surface area contributed by atoms with E-state index >= 15 is 0 Å². The van der Waals surface area contributed by atoms with Crippen molar-refractivity contribution in [2.45, 2.75) is 17.1 Å². The second-order valence-corrected chi connectivity index (χ2v) is 7.41. The number of aromatic nitrogens is 4. The summed E-state index contributed by atoms with van der Waals surface area (Å²) in [6.45, 7) is 1.39. The molecule has 8 nitrogen and oxygen atoms in total. The second kappa shape index (κ2) is 7.98. The Labute approximate surface area is 128 Å². The summed E-state index contributed by atoms with van der Waals surface area (Å²) in [6.07, 6.45) is 2.65. The van der Waals surface area contributed by atoms with E-state index in [2.05, 4.69) is 20.2 Å². The average molecular weight is 337 g/mol. The molecule has 113 valence electrons. The van der Waals surface area contributed by atoms with Crippen LogP contribution < -0.4 is 4.72 Å². The smallest absolute Gasteiger partial charge is 0.210 e. The van der Waals surface area contributed by atoms with Crippen molar-refractivity contribution in [2.24, 2.45) is 0 Å². The van der Waals surface area contributed by atoms with Crippen LogP contribution in [0.1, 0.15) is 0 Å². The summed E-state index contributed by atoms with van der Waals surface area (Å²) in [5.74, 6) is 0. The molecule has 1 aromatic heterocycles. The molecular formula is C9H17N6O2S3. The van der Waals surface area contributed by atoms with E-state index in [1.54, 1.807) is 11.1 Å². The van der Waals surface area contributed by atoms with Crippen molar-refractivity contribution >= 4 is 39.4 Å². The minimum atomic E-state index is -3.34. The van der Waals surface area contributed by atoms with Gasteiger partial charge in [0, 0.05) is 13.0 Å². The van der Waals surface area contributed by atoms with Gasteiger partial charge in [-0.1, -0.05) is 24.0 Å². The summed E-state index contributed by atoms with van der Waals surface area (Å²) >= 11 is 5.93. The molecule has 0 saturated carbocycles. The molecular weight excluding hydrogens is 320 g/mol. The topological polar surface area (TPSA) is 93.0 Å². The van der Waals surface area contributed by atoms with Crippen molar-refractivity contribution in [1.82, 2.24) is 29.8 Å². The molecule has 1 aromatic rings. The molecule has 1 heterocycles. The van der Waals surface area contributed by atoms with Gasteiger partial charge in [0.25, 0.3) is 0 Å². The zero-order chi connectivity index (χ0) is 15.2. The molecule has 0 aliphatic heterocycles. The van der Waals surface area contributed by atoms with Crippen LogP contribution in [0.3, 0.4) is 0 Å². The third-order valence-corrected chi connectivity index (χ3v) is 4.09. The van der Waals surface area contributed by atoms with E-state index in [4.69, 9.17) is 12.2 Å². The van der Waals surface area contributed by atoms with E-state index in [1.807, 2.05) is 19.0 Å². The molecule has 1 rings (SSSR count). The van der Waals surface area contributed by atoms with E-state index in [1.165, 1.54) is 17.1 Å². The van der Waals surface area contributed by atoms with Crippen LogP contribution in [-0.2, 0) is 16.6 Å². The first-order chi connectivity index (χ1) is 9.31. The molecule has 0 fully saturated rings. The first-order valence-corrected chi connectivity index (χ1v) is 8.89. The zero-order valence-corrected chi connectivity index (χ0v) is 13.9. The Bertz CT molecular complexity index is 530. The molecule has 0 spiro atoms. The van der Waals surface area contributed by atoms with Crippen LogP contribution in [0.2, 0.25) is 0 Å². The quantitative estimate of drug-likeness (QED) is 0.363. The summed E-state index contributed by atoms with van der Waals surface area (Å²) in [7, 11) is 0.557. The lowest BCUT2D eigenvalue weighted by Gasteiger charge is -2.14. The van der Waals surface area contributed by atoms with Gasteiger partial charge >= 0.3 is 0 Å². The van der Waals surface area contributed by atoms with Crippen LogP contribution in [-0.4, -0.2) is 71.2 Å². The molecule has 20 heavy (non-hydrogen) atoms. The number of rotatable bonds is 9. The van der Waals surface area contributed by atoms with Gasteiger partial charge in [-0.15, -0.1) is 5.10 Å². The minimum absolute atomic E-state index is 0.529. The first-order valence-electron chi connectivity index (χ1n) is 5.65. The van der Waals surface area contributed by atoms with Crippen molar-refractivity contribution < 1.29 is 8.42 Å². The molecule has 1 radical (unpaired) electrons. The highest BCUT2D eigenvalue weighted by molar-refractivity contribution is 8.00. The van der Waals surface area contributed by atoms with Gasteiger partial charge in [0.05, 0.1) is 18.2 Å². The molecule has 0 aromatic carbocycles.